The predicted octanol–water partition coefficient (Wildman–Crippen LogP) is 12.4. The van der Waals surface area contributed by atoms with E-state index in [4.69, 9.17) is 38.1 Å². The van der Waals surface area contributed by atoms with E-state index in [1.165, 1.54) is 25.7 Å². The maximum Gasteiger partial charge on any atom is 3.00 e. The van der Waals surface area contributed by atoms with Crippen LogP contribution in [0.25, 0.3) is 90.9 Å². The van der Waals surface area contributed by atoms with Gasteiger partial charge in [0.25, 0.3) is 0 Å². The Kier molecular flexibility index (Phi) is 25.1. The van der Waals surface area contributed by atoms with E-state index in [-0.39, 0.29) is 34.1 Å². The van der Waals surface area contributed by atoms with Gasteiger partial charge in [0.05, 0.1) is 22.8 Å². The third-order valence-corrected chi connectivity index (χ3v) is 10.7. The Morgan fingerprint density at radius 3 is 0.721 bits per heavy atom. The molecule has 0 atom stereocenters. The number of H-pyrrole nitrogens is 2. The zero-order chi connectivity index (χ0) is 46.9. The first kappa shape index (κ1) is 55.7. The van der Waals surface area contributed by atoms with Crippen LogP contribution in [0, 0.1) is 26.6 Å². The molecule has 7 heterocycles. The van der Waals surface area contributed by atoms with Gasteiger partial charge in [0, 0.05) is 70.7 Å². The van der Waals surface area contributed by atoms with Gasteiger partial charge in [0.1, 0.15) is 0 Å². The summed E-state index contributed by atoms with van der Waals surface area (Å²) in [5.41, 5.74) is 16.2. The van der Waals surface area contributed by atoms with Crippen molar-refractivity contribution in [3.8, 4) is 44.5 Å². The number of aromatic nitrogens is 4. The van der Waals surface area contributed by atoms with Crippen molar-refractivity contribution >= 4 is 63.7 Å². The molecule has 4 aromatic carbocycles. The van der Waals surface area contributed by atoms with Crippen molar-refractivity contribution in [2.75, 3.05) is 26.4 Å². The van der Waals surface area contributed by atoms with E-state index in [9.17, 15) is 0 Å². The molecule has 0 saturated carbocycles. The minimum absolute atomic E-state index is 0. The zero-order valence-corrected chi connectivity index (χ0v) is 39.3. The Bertz CT molecular complexity index is 2540. The average molecular weight is 957 g/mol. The molecule has 12 heteroatoms. The van der Waals surface area contributed by atoms with Crippen LogP contribution in [0.4, 0.5) is 0 Å². The van der Waals surface area contributed by atoms with Crippen LogP contribution in [-0.2, 0) is 44.9 Å². The number of nitrogens with one attached hydrogen (secondary N) is 2. The summed E-state index contributed by atoms with van der Waals surface area (Å²) in [5.74, 6) is 0. The fourth-order valence-corrected chi connectivity index (χ4v) is 7.86. The monoisotopic (exact) mass is 956 g/mol. The summed E-state index contributed by atoms with van der Waals surface area (Å²) in [6.45, 7) is 22.0. The van der Waals surface area contributed by atoms with Crippen LogP contribution in [-0.4, -0.2) is 63.7 Å². The van der Waals surface area contributed by atoms with E-state index in [2.05, 4.69) is 182 Å². The summed E-state index contributed by atoms with van der Waals surface area (Å²) < 4.78 is 39.9. The van der Waals surface area contributed by atoms with Crippen molar-refractivity contribution in [3.63, 3.8) is 0 Å². The van der Waals surface area contributed by atoms with Crippen molar-refractivity contribution in [1.82, 2.24) is 19.9 Å². The summed E-state index contributed by atoms with van der Waals surface area (Å²) in [6, 6.07) is 50.7. The number of hydrogen-bond donors (Lipinski definition) is 2. The summed E-state index contributed by atoms with van der Waals surface area (Å²) >= 11 is 0. The molecule has 0 amide bonds. The summed E-state index contributed by atoms with van der Waals surface area (Å²) in [5, 5.41) is 0. The second-order valence-corrected chi connectivity index (χ2v) is 14.6. The molecule has 0 radical (unpaired) electrons. The largest absolute Gasteiger partial charge is 3.00 e. The summed E-state index contributed by atoms with van der Waals surface area (Å²) in [4.78, 5) is 18.3. The van der Waals surface area contributed by atoms with Crippen molar-refractivity contribution in [2.45, 2.75) is 25.7 Å². The van der Waals surface area contributed by atoms with Crippen LogP contribution in [0.5, 0.6) is 0 Å². The molecular weight excluding hydrogens is 911 g/mol. The average Bonchev–Trinajstić information content (AvgIpc) is 4.27. The van der Waals surface area contributed by atoms with Gasteiger partial charge in [-0.1, -0.05) is 121 Å². The minimum Gasteiger partial charge on any atom is 3.00 e. The first-order valence-electron chi connectivity index (χ1n) is 21.2. The Hall–Kier alpha value is -6.60. The molecule has 2 N–H and O–H groups in total. The molecule has 2 saturated heterocycles. The van der Waals surface area contributed by atoms with Gasteiger partial charge in [0.15, 0.2) is 0 Å². The molecule has 10 nitrogen and oxygen atoms in total. The number of nitrogens with zero attached hydrogens (tertiary/aromatic N) is 2. The van der Waals surface area contributed by atoms with Crippen LogP contribution in [0.3, 0.4) is 0 Å². The standard InChI is InChI=1S/C44H30N4.2C4H8O.4CO.Al.Co/c1-5-13-29(14-6-1)41-33-21-23-35(45-33)42(30-15-7-2-8-16-30)37-25-27-39(47-37)44(32-19-11-4-12-20-32)40-28-26-38(48-40)43(31-17-9-3-10-18-31)36-24-22-34(41)46-36;2*1-2-4-5-3-1;4*1-2;;/h1-28,45,48H;2*1-4H2;;;;;;/q;;;;;;;2*+3. The Morgan fingerprint density at radius 2 is 0.544 bits per heavy atom. The fourth-order valence-electron chi connectivity index (χ4n) is 7.86. The Morgan fingerprint density at radius 1 is 0.338 bits per heavy atom. The van der Waals surface area contributed by atoms with Crippen molar-refractivity contribution in [1.29, 1.82) is 0 Å². The number of rotatable bonds is 4. The van der Waals surface area contributed by atoms with E-state index in [1.807, 2.05) is 24.3 Å². The van der Waals surface area contributed by atoms with Crippen LogP contribution in [0.2, 0.25) is 0 Å². The van der Waals surface area contributed by atoms with Gasteiger partial charge in [-0.3, -0.25) is 0 Å². The molecule has 0 unspecified atom stereocenters. The second kappa shape index (κ2) is 30.6. The molecule has 0 spiro atoms. The minimum atomic E-state index is 0. The van der Waals surface area contributed by atoms with Crippen LogP contribution in [0.15, 0.2) is 146 Å². The van der Waals surface area contributed by atoms with Gasteiger partial charge in [-0.2, -0.15) is 0 Å². The van der Waals surface area contributed by atoms with E-state index >= 15 is 0 Å². The Labute approximate surface area is 417 Å². The first-order chi connectivity index (χ1) is 32.8. The number of benzene rings is 4. The predicted molar refractivity (Wildman–Crippen MR) is 262 cm³/mol. The molecule has 3 aromatic heterocycles. The van der Waals surface area contributed by atoms with Gasteiger partial charge < -0.3 is 19.4 Å². The third-order valence-electron chi connectivity index (χ3n) is 10.7. The van der Waals surface area contributed by atoms with Crippen molar-refractivity contribution in [3.05, 3.63) is 195 Å². The van der Waals surface area contributed by atoms with Gasteiger partial charge in [-0.15, -0.1) is 0 Å². The van der Waals surface area contributed by atoms with Crippen LogP contribution < -0.4 is 0 Å². The molecule has 4 aliphatic rings. The van der Waals surface area contributed by atoms with Crippen LogP contribution >= 0.6 is 0 Å². The summed E-state index contributed by atoms with van der Waals surface area (Å²) in [6.07, 6.45) is 13.7. The molecule has 4 aliphatic heterocycles. The third kappa shape index (κ3) is 14.2. The quantitative estimate of drug-likeness (QED) is 0.102. The normalized spacial score (nSPS) is 12.1. The Balaban J connectivity index is 0.000000528. The molecule has 8 bridgehead atoms. The number of aromatic amines is 2. The molecule has 7 aromatic rings. The topological polar surface area (TPSA) is 155 Å². The molecule has 2 fully saturated rings. The van der Waals surface area contributed by atoms with E-state index in [0.717, 1.165) is 116 Å². The summed E-state index contributed by atoms with van der Waals surface area (Å²) in [7, 11) is 0. The molecule has 11 rings (SSSR count). The molecule has 0 aliphatic carbocycles. The molecular formula is C56H46AlCoN4O6+6. The van der Waals surface area contributed by atoms with Gasteiger partial charge in [-0.05, 0) is 96.5 Å². The SMILES string of the molecule is C1=Cc2nc1c(-c1ccccc1)c1ccc([nH]1)c(-c1ccccc1)c1nc(c(-c3ccccc3)c3ccc([nH]3)c2-c2ccccc2)C=C1.C1CCOC1.C1CCOC1.[Al+3].[C-]#[O+].[C-]#[O+].[C-]#[O+].[C-]#[O+].[Co+3]. The second-order valence-electron chi connectivity index (χ2n) is 14.6. The molecule has 68 heavy (non-hydrogen) atoms. The van der Waals surface area contributed by atoms with Gasteiger partial charge >= 0.3 is 79.4 Å². The van der Waals surface area contributed by atoms with Crippen molar-refractivity contribution < 1.29 is 44.9 Å². The zero-order valence-electron chi connectivity index (χ0n) is 37.1. The van der Waals surface area contributed by atoms with E-state index in [0.29, 0.717) is 0 Å². The van der Waals surface area contributed by atoms with Gasteiger partial charge in [0.2, 0.25) is 0 Å². The number of ether oxygens (including phenoxy) is 2. The van der Waals surface area contributed by atoms with E-state index in [1.54, 1.807) is 0 Å². The van der Waals surface area contributed by atoms with Crippen molar-refractivity contribution in [2.24, 2.45) is 0 Å². The number of fused-ring (bicyclic) bond motifs is 8. The van der Waals surface area contributed by atoms with Gasteiger partial charge in [-0.25, -0.2) is 9.97 Å². The van der Waals surface area contributed by atoms with E-state index < -0.39 is 0 Å². The smallest absolute Gasteiger partial charge is 3.00 e. The first-order valence-corrected chi connectivity index (χ1v) is 21.2. The van der Waals surface area contributed by atoms with Crippen LogP contribution in [0.1, 0.15) is 48.5 Å². The maximum absolute atomic E-state index is 7.50. The molecule has 332 valence electrons. The number of hydrogen-bond acceptors (Lipinski definition) is 4. The fraction of sp³-hybridized carbons (Fsp3) is 0.143. The maximum atomic E-state index is 7.50.